The lowest BCUT2D eigenvalue weighted by atomic mass is 10.0. The van der Waals surface area contributed by atoms with Crippen molar-refractivity contribution in [3.05, 3.63) is 34.3 Å². The maximum atomic E-state index is 11.9. The molecule has 1 aromatic carbocycles. The molecule has 1 saturated heterocycles. The SMILES string of the molecule is NC(=O)CN1C(c2ccc(Br)cc2)CCS1(=O)=O. The maximum Gasteiger partial charge on any atom is 0.232 e. The molecule has 5 nitrogen and oxygen atoms in total. The fourth-order valence-electron chi connectivity index (χ4n) is 2.10. The molecule has 1 aliphatic rings. The first-order valence-electron chi connectivity index (χ1n) is 5.43. The van der Waals surface area contributed by atoms with Crippen molar-refractivity contribution >= 4 is 31.9 Å². The monoisotopic (exact) mass is 332 g/mol. The number of sulfonamides is 1. The number of hydrogen-bond donors (Lipinski definition) is 1. The highest BCUT2D eigenvalue weighted by Gasteiger charge is 2.38. The van der Waals surface area contributed by atoms with E-state index in [2.05, 4.69) is 15.9 Å². The summed E-state index contributed by atoms with van der Waals surface area (Å²) in [6.07, 6.45) is 0.483. The number of primary amides is 1. The predicted octanol–water partition coefficient (Wildman–Crippen LogP) is 1.01. The lowest BCUT2D eigenvalue weighted by Crippen LogP contribution is -2.36. The summed E-state index contributed by atoms with van der Waals surface area (Å²) in [4.78, 5) is 11.0. The Bertz CT molecular complexity index is 556. The van der Waals surface area contributed by atoms with Gasteiger partial charge in [-0.1, -0.05) is 28.1 Å². The summed E-state index contributed by atoms with van der Waals surface area (Å²) >= 11 is 3.33. The van der Waals surface area contributed by atoms with Gasteiger partial charge >= 0.3 is 0 Å². The summed E-state index contributed by atoms with van der Waals surface area (Å²) in [6.45, 7) is -0.261. The van der Waals surface area contributed by atoms with Crippen molar-refractivity contribution in [1.82, 2.24) is 4.31 Å². The molecule has 0 radical (unpaired) electrons. The van der Waals surface area contributed by atoms with Crippen molar-refractivity contribution in [3.63, 3.8) is 0 Å². The molecule has 1 fully saturated rings. The Morgan fingerprint density at radius 3 is 2.56 bits per heavy atom. The Morgan fingerprint density at radius 1 is 1.39 bits per heavy atom. The molecule has 2 rings (SSSR count). The van der Waals surface area contributed by atoms with Crippen LogP contribution in [0.4, 0.5) is 0 Å². The molecular weight excluding hydrogens is 320 g/mol. The predicted molar refractivity (Wildman–Crippen MR) is 71.2 cm³/mol. The van der Waals surface area contributed by atoms with Gasteiger partial charge in [-0.25, -0.2) is 8.42 Å². The minimum absolute atomic E-state index is 0.0566. The van der Waals surface area contributed by atoms with Crippen LogP contribution in [0.1, 0.15) is 18.0 Å². The Labute approximate surface area is 114 Å². The zero-order valence-electron chi connectivity index (χ0n) is 9.54. The summed E-state index contributed by atoms with van der Waals surface area (Å²) in [5.74, 6) is -0.580. The van der Waals surface area contributed by atoms with Crippen molar-refractivity contribution < 1.29 is 13.2 Å². The third-order valence-corrected chi connectivity index (χ3v) is 5.30. The molecule has 0 bridgehead atoms. The Kier molecular flexibility index (Phi) is 3.74. The fraction of sp³-hybridized carbons (Fsp3) is 0.364. The van der Waals surface area contributed by atoms with Crippen LogP contribution in [0.3, 0.4) is 0 Å². The van der Waals surface area contributed by atoms with Crippen molar-refractivity contribution in [3.8, 4) is 0 Å². The third kappa shape index (κ3) is 2.73. The highest BCUT2D eigenvalue weighted by atomic mass is 79.9. The number of nitrogens with two attached hydrogens (primary N) is 1. The van der Waals surface area contributed by atoms with Gasteiger partial charge in [-0.15, -0.1) is 0 Å². The first-order valence-corrected chi connectivity index (χ1v) is 7.83. The lowest BCUT2D eigenvalue weighted by molar-refractivity contribution is -0.118. The van der Waals surface area contributed by atoms with Crippen LogP contribution in [0, 0.1) is 0 Å². The Balaban J connectivity index is 2.32. The molecule has 98 valence electrons. The van der Waals surface area contributed by atoms with Crippen LogP contribution >= 0.6 is 15.9 Å². The van der Waals surface area contributed by atoms with E-state index >= 15 is 0 Å². The van der Waals surface area contributed by atoms with Crippen LogP contribution in [0.2, 0.25) is 0 Å². The molecule has 0 aromatic heterocycles. The number of carbonyl (C=O) groups excluding carboxylic acids is 1. The molecule has 18 heavy (non-hydrogen) atoms. The Morgan fingerprint density at radius 2 is 2.00 bits per heavy atom. The summed E-state index contributed by atoms with van der Waals surface area (Å²) in [7, 11) is -3.37. The van der Waals surface area contributed by atoms with Crippen molar-refractivity contribution in [1.29, 1.82) is 0 Å². The van der Waals surface area contributed by atoms with Gasteiger partial charge < -0.3 is 5.73 Å². The van der Waals surface area contributed by atoms with Crippen molar-refractivity contribution in [2.75, 3.05) is 12.3 Å². The van der Waals surface area contributed by atoms with Gasteiger partial charge in [0.2, 0.25) is 15.9 Å². The summed E-state index contributed by atoms with van der Waals surface area (Å²) in [6, 6.07) is 7.11. The molecule has 0 spiro atoms. The number of carbonyl (C=O) groups is 1. The highest BCUT2D eigenvalue weighted by Crippen LogP contribution is 2.34. The first kappa shape index (κ1) is 13.5. The molecule has 1 aliphatic heterocycles. The molecule has 1 amide bonds. The van der Waals surface area contributed by atoms with Gasteiger partial charge in [-0.2, -0.15) is 4.31 Å². The summed E-state index contributed by atoms with van der Waals surface area (Å²) in [5, 5.41) is 0. The minimum atomic E-state index is -3.37. The van der Waals surface area contributed by atoms with Gasteiger partial charge in [-0.05, 0) is 24.1 Å². The molecule has 1 heterocycles. The third-order valence-electron chi connectivity index (χ3n) is 2.92. The van der Waals surface area contributed by atoms with E-state index in [9.17, 15) is 13.2 Å². The summed E-state index contributed by atoms with van der Waals surface area (Å²) in [5.41, 5.74) is 5.98. The molecule has 1 aromatic rings. The number of benzene rings is 1. The molecule has 2 N–H and O–H groups in total. The second kappa shape index (κ2) is 4.99. The van der Waals surface area contributed by atoms with E-state index in [4.69, 9.17) is 5.73 Å². The lowest BCUT2D eigenvalue weighted by Gasteiger charge is -2.21. The minimum Gasteiger partial charge on any atom is -0.369 e. The zero-order valence-corrected chi connectivity index (χ0v) is 11.9. The average Bonchev–Trinajstić information content (AvgIpc) is 2.56. The van der Waals surface area contributed by atoms with E-state index < -0.39 is 15.9 Å². The van der Waals surface area contributed by atoms with E-state index in [1.54, 1.807) is 0 Å². The number of hydrogen-bond acceptors (Lipinski definition) is 3. The van der Waals surface area contributed by atoms with Gasteiger partial charge in [-0.3, -0.25) is 4.79 Å². The zero-order chi connectivity index (χ0) is 13.3. The van der Waals surface area contributed by atoms with E-state index in [0.717, 1.165) is 10.0 Å². The fourth-order valence-corrected chi connectivity index (χ4v) is 4.05. The highest BCUT2D eigenvalue weighted by molar-refractivity contribution is 9.10. The molecular formula is C11H13BrN2O3S. The van der Waals surface area contributed by atoms with E-state index in [-0.39, 0.29) is 18.3 Å². The first-order chi connectivity index (χ1) is 8.40. The van der Waals surface area contributed by atoms with E-state index in [0.29, 0.717) is 6.42 Å². The quantitative estimate of drug-likeness (QED) is 0.896. The van der Waals surface area contributed by atoms with Crippen LogP contribution in [-0.4, -0.2) is 30.9 Å². The van der Waals surface area contributed by atoms with Crippen LogP contribution < -0.4 is 5.73 Å². The van der Waals surface area contributed by atoms with Crippen molar-refractivity contribution in [2.45, 2.75) is 12.5 Å². The van der Waals surface area contributed by atoms with Crippen molar-refractivity contribution in [2.24, 2.45) is 5.73 Å². The van der Waals surface area contributed by atoms with E-state index in [1.807, 2.05) is 24.3 Å². The van der Waals surface area contributed by atoms with Crippen LogP contribution in [0.15, 0.2) is 28.7 Å². The van der Waals surface area contributed by atoms with Gasteiger partial charge in [0.1, 0.15) is 0 Å². The van der Waals surface area contributed by atoms with Crippen LogP contribution in [0.5, 0.6) is 0 Å². The number of halogens is 1. The van der Waals surface area contributed by atoms with Gasteiger partial charge in [0, 0.05) is 4.47 Å². The van der Waals surface area contributed by atoms with Crippen LogP contribution in [0.25, 0.3) is 0 Å². The van der Waals surface area contributed by atoms with Gasteiger partial charge in [0.05, 0.1) is 18.3 Å². The van der Waals surface area contributed by atoms with Gasteiger partial charge in [0.25, 0.3) is 0 Å². The normalized spacial score (nSPS) is 23.1. The standard InChI is InChI=1S/C11H13BrN2O3S/c12-9-3-1-8(2-4-9)10-5-6-18(16,17)14(10)7-11(13)15/h1-4,10H,5-7H2,(H2,13,15). The van der Waals surface area contributed by atoms with Gasteiger partial charge in [0.15, 0.2) is 0 Å². The maximum absolute atomic E-state index is 11.9. The second-order valence-electron chi connectivity index (χ2n) is 4.18. The number of amides is 1. The Hall–Kier alpha value is -0.920. The number of rotatable bonds is 3. The molecule has 0 aliphatic carbocycles. The van der Waals surface area contributed by atoms with E-state index in [1.165, 1.54) is 4.31 Å². The average molecular weight is 333 g/mol. The molecule has 7 heteroatoms. The summed E-state index contributed by atoms with van der Waals surface area (Å²) < 4.78 is 25.8. The molecule has 1 atom stereocenters. The molecule has 1 unspecified atom stereocenters. The number of nitrogens with zero attached hydrogens (tertiary/aromatic N) is 1. The second-order valence-corrected chi connectivity index (χ2v) is 7.14. The largest absolute Gasteiger partial charge is 0.369 e. The smallest absolute Gasteiger partial charge is 0.232 e. The topological polar surface area (TPSA) is 80.5 Å². The molecule has 0 saturated carbocycles. The van der Waals surface area contributed by atoms with Crippen LogP contribution in [-0.2, 0) is 14.8 Å².